The fourth-order valence-electron chi connectivity index (χ4n) is 1.79. The summed E-state index contributed by atoms with van der Waals surface area (Å²) in [5, 5.41) is 12.0. The Morgan fingerprint density at radius 3 is 2.68 bits per heavy atom. The molecule has 2 N–H and O–H groups in total. The van der Waals surface area contributed by atoms with Crippen molar-refractivity contribution < 1.29 is 13.5 Å². The van der Waals surface area contributed by atoms with Crippen LogP contribution in [0.15, 0.2) is 23.4 Å². The first-order chi connectivity index (χ1) is 8.95. The van der Waals surface area contributed by atoms with Crippen molar-refractivity contribution in [3.05, 3.63) is 18.3 Å². The number of aliphatic hydroxyl groups is 1. The third-order valence-electron chi connectivity index (χ3n) is 2.59. The Bertz CT molecular complexity index is 503. The number of nitrogens with zero attached hydrogens (tertiary/aromatic N) is 2. The topological polar surface area (TPSA) is 82.5 Å². The molecule has 0 amide bonds. The molecule has 0 aliphatic heterocycles. The van der Waals surface area contributed by atoms with Gasteiger partial charge in [-0.15, -0.1) is 0 Å². The molecule has 1 aromatic heterocycles. The highest BCUT2D eigenvalue weighted by Crippen LogP contribution is 2.23. The molecule has 7 heteroatoms. The molecule has 0 radical (unpaired) electrons. The van der Waals surface area contributed by atoms with E-state index in [-0.39, 0.29) is 24.2 Å². The van der Waals surface area contributed by atoms with Crippen LogP contribution in [-0.2, 0) is 10.0 Å². The maximum atomic E-state index is 12.6. The minimum atomic E-state index is -3.72. The van der Waals surface area contributed by atoms with Crippen LogP contribution >= 0.6 is 0 Å². The second-order valence-electron chi connectivity index (χ2n) is 4.32. The van der Waals surface area contributed by atoms with Gasteiger partial charge in [0.25, 0.3) is 10.0 Å². The number of hydrogen-bond donors (Lipinski definition) is 2. The summed E-state index contributed by atoms with van der Waals surface area (Å²) in [5.74, 6) is 0. The van der Waals surface area contributed by atoms with Crippen molar-refractivity contribution in [3.63, 3.8) is 0 Å². The van der Waals surface area contributed by atoms with Gasteiger partial charge in [-0.25, -0.2) is 13.4 Å². The lowest BCUT2D eigenvalue weighted by Gasteiger charge is -2.25. The first-order valence-corrected chi connectivity index (χ1v) is 7.70. The van der Waals surface area contributed by atoms with E-state index in [4.69, 9.17) is 5.11 Å². The number of anilines is 1. The molecule has 0 aliphatic carbocycles. The van der Waals surface area contributed by atoms with Gasteiger partial charge in [-0.05, 0) is 32.9 Å². The normalized spacial score (nSPS) is 12.1. The van der Waals surface area contributed by atoms with E-state index in [1.165, 1.54) is 10.5 Å². The van der Waals surface area contributed by atoms with Gasteiger partial charge in [0.2, 0.25) is 0 Å². The Morgan fingerprint density at radius 1 is 1.47 bits per heavy atom. The SMILES string of the molecule is CCNc1cccnc1S(=O)(=O)N(CCO)C(C)C. The first-order valence-electron chi connectivity index (χ1n) is 6.26. The van der Waals surface area contributed by atoms with Crippen LogP contribution in [0, 0.1) is 0 Å². The summed E-state index contributed by atoms with van der Waals surface area (Å²) < 4.78 is 26.4. The number of hydrogen-bond acceptors (Lipinski definition) is 5. The van der Waals surface area contributed by atoms with Crippen LogP contribution in [0.1, 0.15) is 20.8 Å². The number of aromatic nitrogens is 1. The van der Waals surface area contributed by atoms with Crippen LogP contribution in [-0.4, -0.2) is 48.6 Å². The highest BCUT2D eigenvalue weighted by Gasteiger charge is 2.29. The monoisotopic (exact) mass is 287 g/mol. The van der Waals surface area contributed by atoms with Gasteiger partial charge in [0.15, 0.2) is 5.03 Å². The Labute approximate surface area is 114 Å². The lowest BCUT2D eigenvalue weighted by Crippen LogP contribution is -2.39. The standard InChI is InChI=1S/C12H21N3O3S/c1-4-13-11-6-5-7-14-12(11)19(17,18)15(8-9-16)10(2)3/h5-7,10,13,16H,4,8-9H2,1-3H3. The molecular weight excluding hydrogens is 266 g/mol. The maximum Gasteiger partial charge on any atom is 0.262 e. The minimum Gasteiger partial charge on any atom is -0.395 e. The number of aliphatic hydroxyl groups excluding tert-OH is 1. The lowest BCUT2D eigenvalue weighted by molar-refractivity contribution is 0.236. The van der Waals surface area contributed by atoms with E-state index in [1.54, 1.807) is 26.0 Å². The molecule has 1 rings (SSSR count). The van der Waals surface area contributed by atoms with Crippen molar-refractivity contribution in [2.24, 2.45) is 0 Å². The number of pyridine rings is 1. The molecule has 1 heterocycles. The average Bonchev–Trinajstić information content (AvgIpc) is 2.36. The summed E-state index contributed by atoms with van der Waals surface area (Å²) >= 11 is 0. The van der Waals surface area contributed by atoms with Gasteiger partial charge in [0.1, 0.15) is 0 Å². The summed E-state index contributed by atoms with van der Waals surface area (Å²) in [4.78, 5) is 3.98. The Hall–Kier alpha value is -1.18. The smallest absolute Gasteiger partial charge is 0.262 e. The highest BCUT2D eigenvalue weighted by molar-refractivity contribution is 7.89. The molecule has 0 aliphatic rings. The molecule has 108 valence electrons. The molecule has 0 fully saturated rings. The maximum absolute atomic E-state index is 12.6. The summed E-state index contributed by atoms with van der Waals surface area (Å²) in [6, 6.07) is 3.12. The Morgan fingerprint density at radius 2 is 2.16 bits per heavy atom. The predicted molar refractivity (Wildman–Crippen MR) is 74.5 cm³/mol. The molecule has 1 aromatic rings. The molecule has 6 nitrogen and oxygen atoms in total. The van der Waals surface area contributed by atoms with Crippen LogP contribution in [0.3, 0.4) is 0 Å². The molecule has 0 aromatic carbocycles. The summed E-state index contributed by atoms with van der Waals surface area (Å²) in [7, 11) is -3.72. The summed E-state index contributed by atoms with van der Waals surface area (Å²) in [6.45, 7) is 5.86. The average molecular weight is 287 g/mol. The van der Waals surface area contributed by atoms with Crippen molar-refractivity contribution >= 4 is 15.7 Å². The van der Waals surface area contributed by atoms with E-state index in [0.29, 0.717) is 12.2 Å². The quantitative estimate of drug-likeness (QED) is 0.779. The third-order valence-corrected chi connectivity index (χ3v) is 4.62. The molecule has 0 saturated carbocycles. The fourth-order valence-corrected chi connectivity index (χ4v) is 3.50. The zero-order valence-corrected chi connectivity index (χ0v) is 12.3. The van der Waals surface area contributed by atoms with E-state index in [0.717, 1.165) is 0 Å². The van der Waals surface area contributed by atoms with E-state index in [9.17, 15) is 8.42 Å². The van der Waals surface area contributed by atoms with Gasteiger partial charge in [0, 0.05) is 25.3 Å². The highest BCUT2D eigenvalue weighted by atomic mass is 32.2. The third kappa shape index (κ3) is 3.65. The van der Waals surface area contributed by atoms with E-state index >= 15 is 0 Å². The zero-order valence-electron chi connectivity index (χ0n) is 11.5. The van der Waals surface area contributed by atoms with Crippen LogP contribution in [0.2, 0.25) is 0 Å². The molecule has 0 spiro atoms. The largest absolute Gasteiger partial charge is 0.395 e. The van der Waals surface area contributed by atoms with Crippen LogP contribution < -0.4 is 5.32 Å². The number of nitrogens with one attached hydrogen (secondary N) is 1. The van der Waals surface area contributed by atoms with E-state index in [1.807, 2.05) is 6.92 Å². The zero-order chi connectivity index (χ0) is 14.5. The first kappa shape index (κ1) is 15.9. The second kappa shape index (κ2) is 6.83. The molecule has 19 heavy (non-hydrogen) atoms. The van der Waals surface area contributed by atoms with Crippen LogP contribution in [0.4, 0.5) is 5.69 Å². The minimum absolute atomic E-state index is 0.000926. The van der Waals surface area contributed by atoms with Gasteiger partial charge in [-0.2, -0.15) is 4.31 Å². The van der Waals surface area contributed by atoms with Crippen molar-refractivity contribution in [2.75, 3.05) is 25.0 Å². The van der Waals surface area contributed by atoms with Gasteiger partial charge in [0.05, 0.1) is 12.3 Å². The molecular formula is C12H21N3O3S. The van der Waals surface area contributed by atoms with E-state index in [2.05, 4.69) is 10.3 Å². The molecule has 0 bridgehead atoms. The number of rotatable bonds is 7. The summed E-state index contributed by atoms with van der Waals surface area (Å²) in [6.07, 6.45) is 1.45. The van der Waals surface area contributed by atoms with Crippen LogP contribution in [0.5, 0.6) is 0 Å². The molecule has 0 unspecified atom stereocenters. The van der Waals surface area contributed by atoms with Crippen molar-refractivity contribution in [1.82, 2.24) is 9.29 Å². The van der Waals surface area contributed by atoms with Gasteiger partial charge in [-0.3, -0.25) is 0 Å². The fraction of sp³-hybridized carbons (Fsp3) is 0.583. The van der Waals surface area contributed by atoms with Crippen molar-refractivity contribution in [1.29, 1.82) is 0 Å². The Kier molecular flexibility index (Phi) is 5.71. The predicted octanol–water partition coefficient (Wildman–Crippen LogP) is 0.905. The summed E-state index contributed by atoms with van der Waals surface area (Å²) in [5.41, 5.74) is 0.480. The van der Waals surface area contributed by atoms with Gasteiger partial charge >= 0.3 is 0 Å². The molecule has 0 saturated heterocycles. The van der Waals surface area contributed by atoms with Crippen molar-refractivity contribution in [2.45, 2.75) is 31.8 Å². The van der Waals surface area contributed by atoms with Crippen molar-refractivity contribution in [3.8, 4) is 0 Å². The molecule has 0 atom stereocenters. The lowest BCUT2D eigenvalue weighted by atomic mass is 10.4. The second-order valence-corrected chi connectivity index (χ2v) is 6.13. The van der Waals surface area contributed by atoms with Gasteiger partial charge < -0.3 is 10.4 Å². The number of sulfonamides is 1. The van der Waals surface area contributed by atoms with Gasteiger partial charge in [-0.1, -0.05) is 0 Å². The van der Waals surface area contributed by atoms with E-state index < -0.39 is 10.0 Å². The van der Waals surface area contributed by atoms with Crippen LogP contribution in [0.25, 0.3) is 0 Å². The Balaban J connectivity index is 3.25.